The van der Waals surface area contributed by atoms with Crippen LogP contribution < -0.4 is 4.74 Å². The summed E-state index contributed by atoms with van der Waals surface area (Å²) in [4.78, 5) is 0. The molecule has 112 valence electrons. The molecule has 22 heavy (non-hydrogen) atoms. The molecule has 2 nitrogen and oxygen atoms in total. The Balaban J connectivity index is 1.84. The summed E-state index contributed by atoms with van der Waals surface area (Å²) in [6.45, 7) is 2.10. The van der Waals surface area contributed by atoms with E-state index < -0.39 is 0 Å². The van der Waals surface area contributed by atoms with E-state index in [2.05, 4.69) is 25.1 Å². The lowest BCUT2D eigenvalue weighted by atomic mass is 9.92. The van der Waals surface area contributed by atoms with Gasteiger partial charge >= 0.3 is 0 Å². The Labute approximate surface area is 131 Å². The monoisotopic (exact) mass is 292 g/mol. The number of hydrogen-bond acceptors (Lipinski definition) is 2. The Bertz CT molecular complexity index is 694. The van der Waals surface area contributed by atoms with Crippen LogP contribution in [0.1, 0.15) is 25.3 Å². The fraction of sp³-hybridized carbons (Fsp3) is 0.200. The van der Waals surface area contributed by atoms with Gasteiger partial charge in [0, 0.05) is 5.57 Å². The predicted molar refractivity (Wildman–Crippen MR) is 89.9 cm³/mol. The first-order chi connectivity index (χ1) is 10.8. The van der Waals surface area contributed by atoms with Crippen LogP contribution in [0.25, 0.3) is 5.57 Å². The van der Waals surface area contributed by atoms with Gasteiger partial charge < -0.3 is 9.47 Å². The second-order valence-electron chi connectivity index (χ2n) is 5.38. The SMILES string of the molecule is COC1=C(c2ccc(Oc3ccccc3)cc2)CCC=C1C. The summed E-state index contributed by atoms with van der Waals surface area (Å²) >= 11 is 0. The number of benzene rings is 2. The van der Waals surface area contributed by atoms with Gasteiger partial charge in [-0.2, -0.15) is 0 Å². The highest BCUT2D eigenvalue weighted by atomic mass is 16.5. The molecule has 1 aliphatic carbocycles. The summed E-state index contributed by atoms with van der Waals surface area (Å²) < 4.78 is 11.4. The third-order valence-electron chi connectivity index (χ3n) is 3.86. The minimum atomic E-state index is 0.845. The summed E-state index contributed by atoms with van der Waals surface area (Å²) in [5, 5.41) is 0. The third kappa shape index (κ3) is 3.06. The van der Waals surface area contributed by atoms with Crippen LogP contribution >= 0.6 is 0 Å². The van der Waals surface area contributed by atoms with Gasteiger partial charge in [-0.3, -0.25) is 0 Å². The van der Waals surface area contributed by atoms with Gasteiger partial charge in [0.05, 0.1) is 7.11 Å². The highest BCUT2D eigenvalue weighted by molar-refractivity contribution is 5.72. The van der Waals surface area contributed by atoms with E-state index in [1.54, 1.807) is 7.11 Å². The molecule has 0 aromatic heterocycles. The van der Waals surface area contributed by atoms with Crippen LogP contribution in [0.15, 0.2) is 72.0 Å². The summed E-state index contributed by atoms with van der Waals surface area (Å²) in [5.41, 5.74) is 3.69. The normalized spacial score (nSPS) is 14.5. The van der Waals surface area contributed by atoms with Crippen LogP contribution in [-0.2, 0) is 4.74 Å². The largest absolute Gasteiger partial charge is 0.496 e. The summed E-state index contributed by atoms with van der Waals surface area (Å²) in [7, 11) is 1.74. The first-order valence-corrected chi connectivity index (χ1v) is 7.55. The average molecular weight is 292 g/mol. The van der Waals surface area contributed by atoms with Crippen molar-refractivity contribution in [1.82, 2.24) is 0 Å². The molecule has 0 fully saturated rings. The molecule has 0 radical (unpaired) electrons. The molecule has 1 aliphatic rings. The molecule has 0 heterocycles. The maximum absolute atomic E-state index is 5.84. The van der Waals surface area contributed by atoms with Crippen molar-refractivity contribution < 1.29 is 9.47 Å². The summed E-state index contributed by atoms with van der Waals surface area (Å²) in [5.74, 6) is 2.70. The van der Waals surface area contributed by atoms with Gasteiger partial charge in [-0.1, -0.05) is 36.4 Å². The van der Waals surface area contributed by atoms with E-state index in [1.165, 1.54) is 16.7 Å². The lowest BCUT2D eigenvalue weighted by Gasteiger charge is -2.19. The van der Waals surface area contributed by atoms with Crippen molar-refractivity contribution in [2.24, 2.45) is 0 Å². The molecule has 2 aromatic carbocycles. The van der Waals surface area contributed by atoms with Crippen LogP contribution in [0.5, 0.6) is 11.5 Å². The molecule has 0 aliphatic heterocycles. The molecular formula is C20H20O2. The molecule has 3 rings (SSSR count). The van der Waals surface area contributed by atoms with Crippen LogP contribution in [0, 0.1) is 0 Å². The molecule has 0 bridgehead atoms. The van der Waals surface area contributed by atoms with E-state index in [4.69, 9.17) is 9.47 Å². The lowest BCUT2D eigenvalue weighted by molar-refractivity contribution is 0.300. The van der Waals surface area contributed by atoms with Crippen LogP contribution in [-0.4, -0.2) is 7.11 Å². The van der Waals surface area contributed by atoms with Crippen molar-refractivity contribution >= 4 is 5.57 Å². The van der Waals surface area contributed by atoms with E-state index in [0.29, 0.717) is 0 Å². The van der Waals surface area contributed by atoms with Crippen LogP contribution in [0.4, 0.5) is 0 Å². The topological polar surface area (TPSA) is 18.5 Å². The van der Waals surface area contributed by atoms with E-state index >= 15 is 0 Å². The number of rotatable bonds is 4. The van der Waals surface area contributed by atoms with E-state index in [-0.39, 0.29) is 0 Å². The van der Waals surface area contributed by atoms with Crippen LogP contribution in [0.2, 0.25) is 0 Å². The quantitative estimate of drug-likeness (QED) is 0.732. The predicted octanol–water partition coefficient (Wildman–Crippen LogP) is 5.58. The molecule has 0 N–H and O–H groups in total. The molecular weight excluding hydrogens is 272 g/mol. The van der Waals surface area contributed by atoms with Crippen molar-refractivity contribution in [3.05, 3.63) is 77.6 Å². The van der Waals surface area contributed by atoms with Gasteiger partial charge in [0.1, 0.15) is 17.3 Å². The minimum absolute atomic E-state index is 0.845. The second-order valence-corrected chi connectivity index (χ2v) is 5.38. The lowest BCUT2D eigenvalue weighted by Crippen LogP contribution is -2.01. The van der Waals surface area contributed by atoms with E-state index in [1.807, 2.05) is 42.5 Å². The van der Waals surface area contributed by atoms with E-state index in [9.17, 15) is 0 Å². The van der Waals surface area contributed by atoms with E-state index in [0.717, 1.165) is 30.1 Å². The van der Waals surface area contributed by atoms with Gasteiger partial charge in [0.15, 0.2) is 0 Å². The van der Waals surface area contributed by atoms with Gasteiger partial charge in [-0.15, -0.1) is 0 Å². The first-order valence-electron chi connectivity index (χ1n) is 7.55. The Morgan fingerprint density at radius 1 is 0.864 bits per heavy atom. The Hall–Kier alpha value is -2.48. The molecule has 2 heteroatoms. The van der Waals surface area contributed by atoms with Crippen molar-refractivity contribution in [3.63, 3.8) is 0 Å². The van der Waals surface area contributed by atoms with Gasteiger partial charge in [-0.05, 0) is 55.2 Å². The Kier molecular flexibility index (Phi) is 4.29. The zero-order valence-corrected chi connectivity index (χ0v) is 13.0. The zero-order valence-electron chi connectivity index (χ0n) is 13.0. The maximum Gasteiger partial charge on any atom is 0.127 e. The molecule has 0 amide bonds. The molecule has 0 unspecified atom stereocenters. The maximum atomic E-state index is 5.84. The first kappa shape index (κ1) is 14.5. The van der Waals surface area contributed by atoms with Gasteiger partial charge in [-0.25, -0.2) is 0 Å². The second kappa shape index (κ2) is 6.52. The molecule has 0 spiro atoms. The van der Waals surface area contributed by atoms with Crippen molar-refractivity contribution in [2.75, 3.05) is 7.11 Å². The summed E-state index contributed by atoms with van der Waals surface area (Å²) in [6.07, 6.45) is 4.31. The van der Waals surface area contributed by atoms with Gasteiger partial charge in [0.25, 0.3) is 0 Å². The fourth-order valence-corrected chi connectivity index (χ4v) is 2.79. The fourth-order valence-electron chi connectivity index (χ4n) is 2.79. The highest BCUT2D eigenvalue weighted by Crippen LogP contribution is 2.33. The Morgan fingerprint density at radius 3 is 2.23 bits per heavy atom. The minimum Gasteiger partial charge on any atom is -0.496 e. The zero-order chi connectivity index (χ0) is 15.4. The molecule has 2 aromatic rings. The van der Waals surface area contributed by atoms with Crippen molar-refractivity contribution in [1.29, 1.82) is 0 Å². The molecule has 0 saturated carbocycles. The summed E-state index contributed by atoms with van der Waals surface area (Å²) in [6, 6.07) is 18.0. The Morgan fingerprint density at radius 2 is 1.55 bits per heavy atom. The molecule has 0 atom stereocenters. The van der Waals surface area contributed by atoms with Crippen molar-refractivity contribution in [3.8, 4) is 11.5 Å². The number of para-hydroxylation sites is 1. The third-order valence-corrected chi connectivity index (χ3v) is 3.86. The van der Waals surface area contributed by atoms with Gasteiger partial charge in [0.2, 0.25) is 0 Å². The standard InChI is InChI=1S/C20H20O2/c1-15-7-6-10-19(20(15)21-2)16-11-13-18(14-12-16)22-17-8-4-3-5-9-17/h3-5,7-9,11-14H,6,10H2,1-2H3. The molecule has 0 saturated heterocycles. The number of hydrogen-bond donors (Lipinski definition) is 0. The number of allylic oxidation sites excluding steroid dienone is 3. The van der Waals surface area contributed by atoms with Crippen molar-refractivity contribution in [2.45, 2.75) is 19.8 Å². The highest BCUT2D eigenvalue weighted by Gasteiger charge is 2.15. The number of ether oxygens (including phenoxy) is 2. The number of methoxy groups -OCH3 is 1. The smallest absolute Gasteiger partial charge is 0.127 e. The van der Waals surface area contributed by atoms with Crippen LogP contribution in [0.3, 0.4) is 0 Å². The average Bonchev–Trinajstić information content (AvgIpc) is 2.56.